The summed E-state index contributed by atoms with van der Waals surface area (Å²) in [6.07, 6.45) is 1.88. The number of rotatable bonds is 10. The molecule has 3 rings (SSSR count). The van der Waals surface area contributed by atoms with E-state index >= 15 is 0 Å². The standard InChI is InChI=1S/C26H36N2O2/c1-19(2)13-15-27(16-14-20(3)4)17-21(29)18-28-24-11-7-5-9-22(24)26(30)23-10-6-8-12-25(23)28/h5-12,19-21,29H,13-18H2,1-4H3/p+1/t21-/m1/s1. The minimum absolute atomic E-state index is 0.0630. The lowest BCUT2D eigenvalue weighted by Gasteiger charge is -2.25. The van der Waals surface area contributed by atoms with Crippen LogP contribution in [-0.4, -0.2) is 35.4 Å². The Labute approximate surface area is 180 Å². The highest BCUT2D eigenvalue weighted by molar-refractivity contribution is 5.93. The molecule has 0 bridgehead atoms. The second kappa shape index (κ2) is 10.2. The molecule has 0 saturated heterocycles. The summed E-state index contributed by atoms with van der Waals surface area (Å²) in [7, 11) is 0. The van der Waals surface area contributed by atoms with Crippen LogP contribution in [0.15, 0.2) is 53.3 Å². The summed E-state index contributed by atoms with van der Waals surface area (Å²) in [4.78, 5) is 14.4. The Hall–Kier alpha value is -2.17. The highest BCUT2D eigenvalue weighted by Gasteiger charge is 2.19. The van der Waals surface area contributed by atoms with Gasteiger partial charge in [0.1, 0.15) is 12.6 Å². The van der Waals surface area contributed by atoms with E-state index < -0.39 is 6.10 Å². The van der Waals surface area contributed by atoms with Crippen LogP contribution in [0.3, 0.4) is 0 Å². The molecular weight excluding hydrogens is 372 g/mol. The fraction of sp³-hybridized carbons (Fsp3) is 0.500. The van der Waals surface area contributed by atoms with E-state index in [0.29, 0.717) is 29.2 Å². The number of aliphatic hydroxyl groups is 1. The molecule has 30 heavy (non-hydrogen) atoms. The van der Waals surface area contributed by atoms with Crippen LogP contribution < -0.4 is 10.3 Å². The van der Waals surface area contributed by atoms with Gasteiger partial charge in [-0.1, -0.05) is 52.0 Å². The van der Waals surface area contributed by atoms with Gasteiger partial charge in [0.25, 0.3) is 0 Å². The quantitative estimate of drug-likeness (QED) is 0.504. The molecule has 0 aliphatic heterocycles. The normalized spacial score (nSPS) is 13.2. The van der Waals surface area contributed by atoms with Crippen LogP contribution in [-0.2, 0) is 6.54 Å². The second-order valence-electron chi connectivity index (χ2n) is 9.45. The number of pyridine rings is 1. The zero-order valence-electron chi connectivity index (χ0n) is 18.9. The summed E-state index contributed by atoms with van der Waals surface area (Å²) >= 11 is 0. The van der Waals surface area contributed by atoms with Crippen molar-refractivity contribution in [2.24, 2.45) is 11.8 Å². The number of nitrogens with one attached hydrogen (secondary N) is 1. The Morgan fingerprint density at radius 2 is 1.30 bits per heavy atom. The van der Waals surface area contributed by atoms with E-state index in [1.54, 1.807) is 0 Å². The van der Waals surface area contributed by atoms with Gasteiger partial charge >= 0.3 is 0 Å². The zero-order valence-corrected chi connectivity index (χ0v) is 18.9. The average Bonchev–Trinajstić information content (AvgIpc) is 2.73. The molecule has 0 amide bonds. The minimum Gasteiger partial charge on any atom is -0.385 e. The van der Waals surface area contributed by atoms with Gasteiger partial charge in [-0.25, -0.2) is 0 Å². The summed E-state index contributed by atoms with van der Waals surface area (Å²) in [6.45, 7) is 12.4. The van der Waals surface area contributed by atoms with E-state index in [1.165, 1.54) is 17.7 Å². The van der Waals surface area contributed by atoms with E-state index in [9.17, 15) is 9.90 Å². The summed E-state index contributed by atoms with van der Waals surface area (Å²) in [5, 5.41) is 12.5. The molecule has 0 fully saturated rings. The van der Waals surface area contributed by atoms with Crippen molar-refractivity contribution in [1.82, 2.24) is 4.57 Å². The molecule has 0 saturated carbocycles. The molecule has 2 N–H and O–H groups in total. The zero-order chi connectivity index (χ0) is 21.7. The van der Waals surface area contributed by atoms with E-state index in [1.807, 2.05) is 48.5 Å². The van der Waals surface area contributed by atoms with Gasteiger partial charge in [-0.2, -0.15) is 0 Å². The van der Waals surface area contributed by atoms with Crippen LogP contribution in [0.4, 0.5) is 0 Å². The summed E-state index contributed by atoms with van der Waals surface area (Å²) in [6, 6.07) is 15.5. The number of hydrogen-bond acceptors (Lipinski definition) is 2. The van der Waals surface area contributed by atoms with Crippen LogP contribution in [0.25, 0.3) is 21.8 Å². The fourth-order valence-electron chi connectivity index (χ4n) is 4.20. The molecule has 0 radical (unpaired) electrons. The number of quaternary nitrogens is 1. The number of nitrogens with zero attached hydrogens (tertiary/aromatic N) is 1. The maximum absolute atomic E-state index is 12.9. The Kier molecular flexibility index (Phi) is 7.68. The van der Waals surface area contributed by atoms with Gasteiger partial charge in [0.15, 0.2) is 5.43 Å². The van der Waals surface area contributed by atoms with Crippen molar-refractivity contribution in [3.63, 3.8) is 0 Å². The average molecular weight is 410 g/mol. The number of aliphatic hydroxyl groups excluding tert-OH is 1. The van der Waals surface area contributed by atoms with E-state index in [-0.39, 0.29) is 5.43 Å². The first-order chi connectivity index (χ1) is 14.4. The number of para-hydroxylation sites is 2. The maximum atomic E-state index is 12.9. The molecule has 0 unspecified atom stereocenters. The highest BCUT2D eigenvalue weighted by atomic mass is 16.3. The van der Waals surface area contributed by atoms with E-state index in [2.05, 4.69) is 32.3 Å². The van der Waals surface area contributed by atoms with Gasteiger partial charge in [0.2, 0.25) is 0 Å². The first-order valence-electron chi connectivity index (χ1n) is 11.4. The van der Waals surface area contributed by atoms with Gasteiger partial charge in [-0.3, -0.25) is 4.79 Å². The van der Waals surface area contributed by atoms with Gasteiger partial charge in [-0.15, -0.1) is 0 Å². The minimum atomic E-state index is -0.464. The van der Waals surface area contributed by atoms with Gasteiger partial charge < -0.3 is 14.6 Å². The van der Waals surface area contributed by atoms with E-state index in [0.717, 1.165) is 30.7 Å². The first kappa shape index (κ1) is 22.5. The molecule has 3 aromatic rings. The summed E-state index contributed by atoms with van der Waals surface area (Å²) < 4.78 is 2.12. The number of aromatic nitrogens is 1. The number of benzene rings is 2. The summed E-state index contributed by atoms with van der Waals surface area (Å²) in [5.41, 5.74) is 1.85. The van der Waals surface area contributed by atoms with Crippen molar-refractivity contribution in [3.8, 4) is 0 Å². The Morgan fingerprint density at radius 3 is 1.77 bits per heavy atom. The molecule has 4 heteroatoms. The topological polar surface area (TPSA) is 46.7 Å². The van der Waals surface area contributed by atoms with Crippen molar-refractivity contribution in [2.75, 3.05) is 19.6 Å². The molecule has 0 aliphatic carbocycles. The van der Waals surface area contributed by atoms with Crippen LogP contribution in [0.5, 0.6) is 0 Å². The van der Waals surface area contributed by atoms with Crippen molar-refractivity contribution < 1.29 is 10.0 Å². The third-order valence-corrected chi connectivity index (χ3v) is 5.95. The largest absolute Gasteiger partial charge is 0.385 e. The van der Waals surface area contributed by atoms with Crippen molar-refractivity contribution in [1.29, 1.82) is 0 Å². The highest BCUT2D eigenvalue weighted by Crippen LogP contribution is 2.19. The van der Waals surface area contributed by atoms with Gasteiger partial charge in [0.05, 0.1) is 30.7 Å². The molecule has 2 aromatic carbocycles. The molecule has 4 nitrogen and oxygen atoms in total. The Morgan fingerprint density at radius 1 is 0.833 bits per heavy atom. The second-order valence-corrected chi connectivity index (χ2v) is 9.45. The van der Waals surface area contributed by atoms with Crippen molar-refractivity contribution in [2.45, 2.75) is 53.2 Å². The molecule has 0 aliphatic rings. The third-order valence-electron chi connectivity index (χ3n) is 5.95. The van der Waals surface area contributed by atoms with Crippen molar-refractivity contribution in [3.05, 3.63) is 58.8 Å². The SMILES string of the molecule is CC(C)CC[NH+](CCC(C)C)C[C@@H](O)Cn1c2ccccc2c(=O)c2ccccc21. The predicted molar refractivity (Wildman–Crippen MR) is 126 cm³/mol. The Bertz CT molecular complexity index is 950. The van der Waals surface area contributed by atoms with Crippen LogP contribution in [0, 0.1) is 11.8 Å². The van der Waals surface area contributed by atoms with Gasteiger partial charge in [-0.05, 0) is 48.9 Å². The third kappa shape index (κ3) is 5.50. The molecule has 1 aromatic heterocycles. The smallest absolute Gasteiger partial charge is 0.197 e. The molecular formula is C26H37N2O2+. The monoisotopic (exact) mass is 409 g/mol. The van der Waals surface area contributed by atoms with Crippen LogP contribution in [0.2, 0.25) is 0 Å². The lowest BCUT2D eigenvalue weighted by Crippen LogP contribution is -3.13. The maximum Gasteiger partial charge on any atom is 0.197 e. The first-order valence-corrected chi connectivity index (χ1v) is 11.4. The number of hydrogen-bond donors (Lipinski definition) is 2. The van der Waals surface area contributed by atoms with Crippen LogP contribution in [0.1, 0.15) is 40.5 Å². The predicted octanol–water partition coefficient (Wildman–Crippen LogP) is 3.49. The lowest BCUT2D eigenvalue weighted by molar-refractivity contribution is -0.904. The molecule has 162 valence electrons. The molecule has 1 heterocycles. The lowest BCUT2D eigenvalue weighted by atomic mass is 10.1. The molecule has 1 atom stereocenters. The van der Waals surface area contributed by atoms with Crippen LogP contribution >= 0.6 is 0 Å². The molecule has 0 spiro atoms. The summed E-state index contributed by atoms with van der Waals surface area (Å²) in [5.74, 6) is 1.34. The van der Waals surface area contributed by atoms with Gasteiger partial charge in [0, 0.05) is 10.8 Å². The fourth-order valence-corrected chi connectivity index (χ4v) is 4.20. The van der Waals surface area contributed by atoms with E-state index in [4.69, 9.17) is 0 Å². The van der Waals surface area contributed by atoms with Crippen molar-refractivity contribution >= 4 is 21.8 Å². The Balaban J connectivity index is 1.88. The number of fused-ring (bicyclic) bond motifs is 2.